The number of nitrogens with zero attached hydrogens (tertiary/aromatic N) is 2. The zero-order chi connectivity index (χ0) is 18.7. The molecular weight excluding hydrogens is 354 g/mol. The van der Waals surface area contributed by atoms with Gasteiger partial charge in [-0.25, -0.2) is 9.07 Å². The van der Waals surface area contributed by atoms with Gasteiger partial charge in [-0.15, -0.1) is 13.2 Å². The number of carbonyl (C=O) groups is 1. The van der Waals surface area contributed by atoms with Crippen molar-refractivity contribution in [3.05, 3.63) is 72.3 Å². The van der Waals surface area contributed by atoms with Gasteiger partial charge in [-0.05, 0) is 42.5 Å². The molecule has 2 aromatic carbocycles. The molecule has 0 bridgehead atoms. The zero-order valence-corrected chi connectivity index (χ0v) is 13.0. The molecule has 0 saturated heterocycles. The van der Waals surface area contributed by atoms with Crippen LogP contribution in [-0.2, 0) is 0 Å². The quantitative estimate of drug-likeness (QED) is 0.707. The van der Waals surface area contributed by atoms with Crippen LogP contribution in [0.15, 0.2) is 60.8 Å². The smallest absolute Gasteiger partial charge is 0.406 e. The fourth-order valence-corrected chi connectivity index (χ4v) is 2.15. The number of alkyl halides is 3. The second-order valence-corrected chi connectivity index (χ2v) is 5.15. The largest absolute Gasteiger partial charge is 0.573 e. The Morgan fingerprint density at radius 1 is 1.08 bits per heavy atom. The van der Waals surface area contributed by atoms with Crippen molar-refractivity contribution in [3.63, 3.8) is 0 Å². The first kappa shape index (κ1) is 17.5. The molecule has 1 aromatic heterocycles. The predicted molar refractivity (Wildman–Crippen MR) is 84.6 cm³/mol. The molecule has 5 nitrogen and oxygen atoms in total. The first-order valence-electron chi connectivity index (χ1n) is 7.29. The minimum Gasteiger partial charge on any atom is -0.406 e. The van der Waals surface area contributed by atoms with Crippen LogP contribution in [0.2, 0.25) is 0 Å². The fourth-order valence-electron chi connectivity index (χ4n) is 2.15. The SMILES string of the molecule is O=C(Nc1cccc(OC(F)(F)F)c1)c1ccn(-c2ccc(F)cc2)n1. The van der Waals surface area contributed by atoms with Crippen molar-refractivity contribution < 1.29 is 27.1 Å². The number of ether oxygens (including phenoxy) is 1. The van der Waals surface area contributed by atoms with Crippen LogP contribution in [0, 0.1) is 5.82 Å². The van der Waals surface area contributed by atoms with E-state index in [1.54, 1.807) is 0 Å². The molecule has 1 N–H and O–H groups in total. The summed E-state index contributed by atoms with van der Waals surface area (Å²) >= 11 is 0. The average Bonchev–Trinajstić information content (AvgIpc) is 3.04. The number of nitrogens with one attached hydrogen (secondary N) is 1. The molecule has 9 heteroatoms. The Hall–Kier alpha value is -3.36. The van der Waals surface area contributed by atoms with E-state index in [1.807, 2.05) is 0 Å². The van der Waals surface area contributed by atoms with E-state index in [4.69, 9.17) is 0 Å². The van der Waals surface area contributed by atoms with Crippen LogP contribution in [0.3, 0.4) is 0 Å². The molecule has 0 aliphatic rings. The van der Waals surface area contributed by atoms with Crippen molar-refractivity contribution in [2.45, 2.75) is 6.36 Å². The van der Waals surface area contributed by atoms with Crippen molar-refractivity contribution in [2.24, 2.45) is 0 Å². The summed E-state index contributed by atoms with van der Waals surface area (Å²) in [7, 11) is 0. The van der Waals surface area contributed by atoms with E-state index in [-0.39, 0.29) is 11.4 Å². The molecule has 0 spiro atoms. The third-order valence-corrected chi connectivity index (χ3v) is 3.24. The summed E-state index contributed by atoms with van der Waals surface area (Å²) in [6.45, 7) is 0. The van der Waals surface area contributed by atoms with E-state index in [9.17, 15) is 22.4 Å². The molecule has 0 atom stereocenters. The minimum absolute atomic E-state index is 0.0384. The van der Waals surface area contributed by atoms with Crippen molar-refractivity contribution in [1.82, 2.24) is 9.78 Å². The van der Waals surface area contributed by atoms with Crippen molar-refractivity contribution in [1.29, 1.82) is 0 Å². The molecule has 3 rings (SSSR count). The van der Waals surface area contributed by atoms with Gasteiger partial charge in [0.15, 0.2) is 5.69 Å². The third-order valence-electron chi connectivity index (χ3n) is 3.24. The summed E-state index contributed by atoms with van der Waals surface area (Å²) in [4.78, 5) is 12.2. The number of halogens is 4. The second-order valence-electron chi connectivity index (χ2n) is 5.15. The van der Waals surface area contributed by atoms with E-state index in [0.29, 0.717) is 5.69 Å². The van der Waals surface area contributed by atoms with Gasteiger partial charge < -0.3 is 10.1 Å². The molecule has 0 aliphatic heterocycles. The minimum atomic E-state index is -4.82. The van der Waals surface area contributed by atoms with E-state index in [2.05, 4.69) is 15.2 Å². The molecule has 3 aromatic rings. The monoisotopic (exact) mass is 365 g/mol. The van der Waals surface area contributed by atoms with Crippen LogP contribution in [0.5, 0.6) is 5.75 Å². The second kappa shape index (κ2) is 6.87. The van der Waals surface area contributed by atoms with E-state index in [1.165, 1.54) is 53.3 Å². The van der Waals surface area contributed by atoms with Crippen LogP contribution in [0.1, 0.15) is 10.5 Å². The van der Waals surface area contributed by atoms with Crippen LogP contribution in [-0.4, -0.2) is 22.1 Å². The average molecular weight is 365 g/mol. The lowest BCUT2D eigenvalue weighted by atomic mass is 10.3. The Balaban J connectivity index is 1.73. The Bertz CT molecular complexity index is 920. The lowest BCUT2D eigenvalue weighted by Crippen LogP contribution is -2.17. The molecule has 0 saturated carbocycles. The number of rotatable bonds is 4. The number of anilines is 1. The highest BCUT2D eigenvalue weighted by atomic mass is 19.4. The van der Waals surface area contributed by atoms with Crippen LogP contribution in [0.4, 0.5) is 23.2 Å². The molecule has 1 amide bonds. The molecule has 0 fully saturated rings. The van der Waals surface area contributed by atoms with Gasteiger partial charge in [0, 0.05) is 18.0 Å². The van der Waals surface area contributed by atoms with Gasteiger partial charge in [0.2, 0.25) is 0 Å². The molecule has 0 aliphatic carbocycles. The highest BCUT2D eigenvalue weighted by Crippen LogP contribution is 2.25. The maximum absolute atomic E-state index is 12.9. The molecule has 0 unspecified atom stereocenters. The standard InChI is InChI=1S/C17H11F4N3O2/c18-11-4-6-13(7-5-11)24-9-8-15(23-24)16(25)22-12-2-1-3-14(10-12)26-17(19,20)21/h1-10H,(H,22,25). The molecule has 1 heterocycles. The van der Waals surface area contributed by atoms with Crippen molar-refractivity contribution in [2.75, 3.05) is 5.32 Å². The Morgan fingerprint density at radius 2 is 1.81 bits per heavy atom. The first-order valence-corrected chi connectivity index (χ1v) is 7.29. The van der Waals surface area contributed by atoms with Gasteiger partial charge >= 0.3 is 6.36 Å². The van der Waals surface area contributed by atoms with Crippen molar-refractivity contribution in [3.8, 4) is 11.4 Å². The molecule has 134 valence electrons. The number of amides is 1. The fraction of sp³-hybridized carbons (Fsp3) is 0.0588. The zero-order valence-electron chi connectivity index (χ0n) is 13.0. The number of aromatic nitrogens is 2. The maximum Gasteiger partial charge on any atom is 0.573 e. The topological polar surface area (TPSA) is 56.1 Å². The van der Waals surface area contributed by atoms with E-state index >= 15 is 0 Å². The predicted octanol–water partition coefficient (Wildman–Crippen LogP) is 4.16. The third kappa shape index (κ3) is 4.38. The number of hydrogen-bond donors (Lipinski definition) is 1. The van der Waals surface area contributed by atoms with Gasteiger partial charge in [0.05, 0.1) is 5.69 Å². The maximum atomic E-state index is 12.9. The van der Waals surface area contributed by atoms with E-state index < -0.39 is 23.8 Å². The number of hydrogen-bond acceptors (Lipinski definition) is 3. The lowest BCUT2D eigenvalue weighted by Gasteiger charge is -2.10. The van der Waals surface area contributed by atoms with Crippen molar-refractivity contribution >= 4 is 11.6 Å². The van der Waals surface area contributed by atoms with E-state index in [0.717, 1.165) is 12.1 Å². The summed E-state index contributed by atoms with van der Waals surface area (Å²) in [6, 6.07) is 11.8. The Morgan fingerprint density at radius 3 is 2.50 bits per heavy atom. The highest BCUT2D eigenvalue weighted by Gasteiger charge is 2.31. The first-order chi connectivity index (χ1) is 12.3. The van der Waals surface area contributed by atoms with Crippen LogP contribution < -0.4 is 10.1 Å². The Labute approximate surface area is 144 Å². The molecule has 26 heavy (non-hydrogen) atoms. The van der Waals surface area contributed by atoms with Crippen LogP contribution >= 0.6 is 0 Å². The molecule has 0 radical (unpaired) electrons. The van der Waals surface area contributed by atoms with Gasteiger partial charge in [-0.2, -0.15) is 5.10 Å². The molecular formula is C17H11F4N3O2. The highest BCUT2D eigenvalue weighted by molar-refractivity contribution is 6.02. The summed E-state index contributed by atoms with van der Waals surface area (Å²) in [5, 5.41) is 6.50. The number of benzene rings is 2. The summed E-state index contributed by atoms with van der Waals surface area (Å²) in [5.74, 6) is -1.47. The number of carbonyl (C=O) groups excluding carboxylic acids is 1. The van der Waals surface area contributed by atoms with Gasteiger partial charge in [-0.3, -0.25) is 4.79 Å². The normalized spacial score (nSPS) is 11.2. The Kier molecular flexibility index (Phi) is 4.61. The summed E-state index contributed by atoms with van der Waals surface area (Å²) in [6.07, 6.45) is -3.32. The lowest BCUT2D eigenvalue weighted by molar-refractivity contribution is -0.274. The van der Waals surface area contributed by atoms with Gasteiger partial charge in [-0.1, -0.05) is 6.07 Å². The van der Waals surface area contributed by atoms with Crippen LogP contribution in [0.25, 0.3) is 5.69 Å². The van der Waals surface area contributed by atoms with Gasteiger partial charge in [0.1, 0.15) is 11.6 Å². The summed E-state index contributed by atoms with van der Waals surface area (Å²) < 4.78 is 54.8. The van der Waals surface area contributed by atoms with Gasteiger partial charge in [0.25, 0.3) is 5.91 Å². The summed E-state index contributed by atoms with van der Waals surface area (Å²) in [5.41, 5.74) is 0.704.